The molecular weight excluding hydrogens is 669 g/mol. The number of carbonyl (C=O) groups excluding carboxylic acids is 4. The number of hydrogen-bond acceptors (Lipinski definition) is 14. The number of thiazole rings is 2. The predicted octanol–water partition coefficient (Wildman–Crippen LogP) is 5.50. The van der Waals surface area contributed by atoms with Crippen molar-refractivity contribution in [2.24, 2.45) is 9.98 Å². The third-order valence-electron chi connectivity index (χ3n) is 7.72. The van der Waals surface area contributed by atoms with Crippen LogP contribution in [0.1, 0.15) is 33.3 Å². The smallest absolute Gasteiger partial charge is 0.279 e. The molecule has 0 N–H and O–H groups in total. The number of thiophene rings is 2. The lowest BCUT2D eigenvalue weighted by Crippen LogP contribution is -2.44. The quantitative estimate of drug-likeness (QED) is 0.197. The van der Waals surface area contributed by atoms with Crippen LogP contribution in [0.2, 0.25) is 0 Å². The second-order valence-electron chi connectivity index (χ2n) is 10.9. The molecule has 13 nitrogen and oxygen atoms in total. The van der Waals surface area contributed by atoms with Crippen molar-refractivity contribution in [2.75, 3.05) is 14.1 Å². The van der Waals surface area contributed by atoms with Gasteiger partial charge in [-0.25, -0.2) is 24.8 Å². The summed E-state index contributed by atoms with van der Waals surface area (Å²) in [5.41, 5.74) is 0.286. The van der Waals surface area contributed by atoms with E-state index in [-0.39, 0.29) is 33.8 Å². The summed E-state index contributed by atoms with van der Waals surface area (Å²) in [6.07, 6.45) is 0. The highest BCUT2D eigenvalue weighted by Gasteiger charge is 2.41. The zero-order valence-corrected chi connectivity index (χ0v) is 28.0. The number of likely N-dealkylation sites (N-methyl/N-ethyl adjacent to an activating group) is 2. The number of hydrogen-bond donors (Lipinski definition) is 0. The van der Waals surface area contributed by atoms with Gasteiger partial charge in [0.1, 0.15) is 43.0 Å². The summed E-state index contributed by atoms with van der Waals surface area (Å²) < 4.78 is 8.21. The number of nitriles is 1. The van der Waals surface area contributed by atoms with Gasteiger partial charge in [-0.1, -0.05) is 22.7 Å². The SMILES string of the molecule is [C-]#[N+]C1=C(C)C(=Nc2nc3sc4c(c3s2)OC(C)(C)c2c-4sc3nc(N=C4C(=O)N(C)C(=O)C(C#N)=C4C)sc23)C(=O)N(C)C1=O. The molecule has 0 aliphatic carbocycles. The van der Waals surface area contributed by atoms with E-state index in [1.54, 1.807) is 0 Å². The van der Waals surface area contributed by atoms with Gasteiger partial charge in [-0.2, -0.15) is 5.26 Å². The van der Waals surface area contributed by atoms with E-state index in [1.807, 2.05) is 19.9 Å². The van der Waals surface area contributed by atoms with Crippen molar-refractivity contribution in [1.29, 1.82) is 5.26 Å². The first-order chi connectivity index (χ1) is 21.8. The Morgan fingerprint density at radius 3 is 1.98 bits per heavy atom. The Bertz CT molecular complexity index is 2380. The molecule has 3 aliphatic rings. The summed E-state index contributed by atoms with van der Waals surface area (Å²) in [5, 5.41) is 10.1. The van der Waals surface area contributed by atoms with Crippen LogP contribution in [0.15, 0.2) is 32.4 Å². The van der Waals surface area contributed by atoms with E-state index in [0.717, 1.165) is 34.5 Å². The predicted molar refractivity (Wildman–Crippen MR) is 175 cm³/mol. The van der Waals surface area contributed by atoms with Gasteiger partial charge in [-0.15, -0.1) is 22.7 Å². The molecule has 0 radical (unpaired) electrons. The highest BCUT2D eigenvalue weighted by molar-refractivity contribution is 7.35. The van der Waals surface area contributed by atoms with Crippen LogP contribution in [-0.2, 0) is 24.8 Å². The van der Waals surface area contributed by atoms with E-state index < -0.39 is 29.2 Å². The Balaban J connectivity index is 1.31. The van der Waals surface area contributed by atoms with Gasteiger partial charge in [-0.05, 0) is 33.3 Å². The molecule has 3 aliphatic heterocycles. The van der Waals surface area contributed by atoms with Crippen molar-refractivity contribution in [3.8, 4) is 21.6 Å². The molecule has 0 atom stereocenters. The molecular formula is C29H18N8O5S4. The molecule has 0 bridgehead atoms. The molecule has 228 valence electrons. The van der Waals surface area contributed by atoms with Crippen LogP contribution < -0.4 is 4.74 Å². The summed E-state index contributed by atoms with van der Waals surface area (Å²) >= 11 is 5.45. The Kier molecular flexibility index (Phi) is 6.49. The van der Waals surface area contributed by atoms with Crippen LogP contribution >= 0.6 is 45.3 Å². The number of imide groups is 2. The minimum Gasteiger partial charge on any atom is -0.480 e. The van der Waals surface area contributed by atoms with Crippen LogP contribution in [0.5, 0.6) is 5.75 Å². The molecule has 7 heterocycles. The van der Waals surface area contributed by atoms with Crippen molar-refractivity contribution in [3.05, 3.63) is 39.4 Å². The van der Waals surface area contributed by atoms with Crippen molar-refractivity contribution in [1.82, 2.24) is 19.8 Å². The monoisotopic (exact) mass is 686 g/mol. The summed E-state index contributed by atoms with van der Waals surface area (Å²) in [6, 6.07) is 1.87. The van der Waals surface area contributed by atoms with Gasteiger partial charge >= 0.3 is 0 Å². The third kappa shape index (κ3) is 4.06. The summed E-state index contributed by atoms with van der Waals surface area (Å²) in [6.45, 7) is 14.3. The van der Waals surface area contributed by atoms with Gasteiger partial charge in [0.15, 0.2) is 5.75 Å². The first-order valence-electron chi connectivity index (χ1n) is 13.4. The Labute approximate surface area is 275 Å². The van der Waals surface area contributed by atoms with Gasteiger partial charge in [0.25, 0.3) is 29.3 Å². The maximum absolute atomic E-state index is 12.9. The molecule has 0 saturated carbocycles. The molecule has 4 aromatic rings. The second-order valence-corrected chi connectivity index (χ2v) is 14.9. The first-order valence-corrected chi connectivity index (χ1v) is 16.6. The van der Waals surface area contributed by atoms with E-state index in [2.05, 4.69) is 19.8 Å². The lowest BCUT2D eigenvalue weighted by molar-refractivity contribution is -0.138. The average molecular weight is 687 g/mol. The molecule has 4 aromatic heterocycles. The van der Waals surface area contributed by atoms with Crippen LogP contribution in [0.25, 0.3) is 33.7 Å². The first kappa shape index (κ1) is 29.8. The minimum atomic E-state index is -0.787. The third-order valence-corrected chi connectivity index (χ3v) is 12.2. The highest BCUT2D eigenvalue weighted by atomic mass is 32.1. The summed E-state index contributed by atoms with van der Waals surface area (Å²) in [4.78, 5) is 76.9. The van der Waals surface area contributed by atoms with E-state index in [1.165, 1.54) is 73.3 Å². The molecule has 0 unspecified atom stereocenters. The fraction of sp³-hybridized carbons (Fsp3) is 0.241. The van der Waals surface area contributed by atoms with Gasteiger partial charge in [0.05, 0.1) is 21.0 Å². The number of carbonyl (C=O) groups is 4. The van der Waals surface area contributed by atoms with E-state index in [9.17, 15) is 24.4 Å². The van der Waals surface area contributed by atoms with Crippen molar-refractivity contribution >= 4 is 110 Å². The number of nitrogens with zero attached hydrogens (tertiary/aromatic N) is 8. The summed E-state index contributed by atoms with van der Waals surface area (Å²) in [7, 11) is 2.63. The molecule has 0 saturated heterocycles. The number of amides is 4. The Morgan fingerprint density at radius 2 is 1.37 bits per heavy atom. The van der Waals surface area contributed by atoms with Crippen LogP contribution in [0, 0.1) is 17.9 Å². The zero-order chi connectivity index (χ0) is 33.0. The maximum Gasteiger partial charge on any atom is 0.279 e. The van der Waals surface area contributed by atoms with Gasteiger partial charge < -0.3 is 4.74 Å². The molecule has 0 spiro atoms. The fourth-order valence-electron chi connectivity index (χ4n) is 5.30. The topological polar surface area (TPSA) is 163 Å². The molecule has 0 fully saturated rings. The lowest BCUT2D eigenvalue weighted by Gasteiger charge is -2.31. The van der Waals surface area contributed by atoms with Crippen LogP contribution in [0.4, 0.5) is 10.3 Å². The maximum atomic E-state index is 12.9. The zero-order valence-electron chi connectivity index (χ0n) is 24.8. The van der Waals surface area contributed by atoms with Crippen molar-refractivity contribution in [3.63, 3.8) is 0 Å². The van der Waals surface area contributed by atoms with Crippen molar-refractivity contribution in [2.45, 2.75) is 33.3 Å². The number of rotatable bonds is 2. The van der Waals surface area contributed by atoms with Crippen LogP contribution in [0.3, 0.4) is 0 Å². The van der Waals surface area contributed by atoms with Crippen molar-refractivity contribution < 1.29 is 23.9 Å². The average Bonchev–Trinajstić information content (AvgIpc) is 3.75. The van der Waals surface area contributed by atoms with Gasteiger partial charge in [0, 0.05) is 25.2 Å². The number of fused-ring (bicyclic) bond motifs is 7. The molecule has 4 amide bonds. The van der Waals surface area contributed by atoms with E-state index >= 15 is 0 Å². The standard InChI is InChI=1S/C29H18N8O5S4/c1-9-11(8-30)23(38)36(6)25(40)14(9)32-27-34-21-18(45-27)12-17(43-21)19-16(42-29(12,3)4)20-22(44-19)35-28(46-20)33-15-10(2)13(31-5)24(39)37(7)26(15)41/h1-4,6-7H3. The Morgan fingerprint density at radius 1 is 0.826 bits per heavy atom. The second kappa shape index (κ2) is 10.0. The number of ether oxygens (including phenoxy) is 1. The lowest BCUT2D eigenvalue weighted by atomic mass is 9.95. The van der Waals surface area contributed by atoms with Gasteiger partial charge in [0.2, 0.25) is 10.3 Å². The van der Waals surface area contributed by atoms with Gasteiger partial charge in [-0.3, -0.25) is 29.0 Å². The number of aliphatic imine (C=N–C) groups is 2. The molecule has 7 rings (SSSR count). The minimum absolute atomic E-state index is 0.000153. The Hall–Kier alpha value is -4.94. The molecule has 46 heavy (non-hydrogen) atoms. The molecule has 17 heteroatoms. The fourth-order valence-corrected chi connectivity index (χ4v) is 10.3. The van der Waals surface area contributed by atoms with E-state index in [4.69, 9.17) is 16.3 Å². The highest BCUT2D eigenvalue weighted by Crippen LogP contribution is 2.59. The van der Waals surface area contributed by atoms with E-state index in [0.29, 0.717) is 25.7 Å². The normalized spacial score (nSPS) is 19.8. The number of aromatic nitrogens is 2. The molecule has 0 aromatic carbocycles. The largest absolute Gasteiger partial charge is 0.480 e. The van der Waals surface area contributed by atoms with Crippen LogP contribution in [-0.4, -0.2) is 68.9 Å². The summed E-state index contributed by atoms with van der Waals surface area (Å²) in [5.74, 6) is -1.87.